The van der Waals surface area contributed by atoms with E-state index in [9.17, 15) is 19.8 Å². The number of carbonyl (C=O) groups excluding carboxylic acids is 2. The maximum atomic E-state index is 13.0. The molecule has 0 spiro atoms. The van der Waals surface area contributed by atoms with Crippen LogP contribution in [0.1, 0.15) is 119 Å². The number of aromatic hydroxyl groups is 2. The Morgan fingerprint density at radius 3 is 1.02 bits per heavy atom. The SMILES string of the molecule is CC(CSCCSCC(C)C(=O)Oc1cc(C(C)(C)C)c(O)c(C(C)(C)C)c1)C(=O)Oc1cc(C(C)(C)C)c(O)c(C(C)(C)C)c1. The van der Waals surface area contributed by atoms with E-state index in [0.29, 0.717) is 23.0 Å². The number of phenolic OH excluding ortho intramolecular Hbond substituents is 2. The van der Waals surface area contributed by atoms with Gasteiger partial charge in [-0.1, -0.05) is 96.9 Å². The van der Waals surface area contributed by atoms with Crippen LogP contribution in [0.5, 0.6) is 23.0 Å². The van der Waals surface area contributed by atoms with Gasteiger partial charge >= 0.3 is 11.9 Å². The summed E-state index contributed by atoms with van der Waals surface area (Å²) in [4.78, 5) is 25.9. The molecule has 0 aliphatic heterocycles. The van der Waals surface area contributed by atoms with E-state index in [1.807, 2.05) is 96.9 Å². The number of hydrogen-bond donors (Lipinski definition) is 2. The molecule has 6 nitrogen and oxygen atoms in total. The van der Waals surface area contributed by atoms with Crippen molar-refractivity contribution in [3.8, 4) is 23.0 Å². The van der Waals surface area contributed by atoms with E-state index >= 15 is 0 Å². The van der Waals surface area contributed by atoms with Crippen molar-refractivity contribution in [2.24, 2.45) is 11.8 Å². The second-order valence-corrected chi connectivity index (χ2v) is 18.8. The quantitative estimate of drug-likeness (QED) is 0.138. The van der Waals surface area contributed by atoms with Crippen LogP contribution < -0.4 is 9.47 Å². The summed E-state index contributed by atoms with van der Waals surface area (Å²) >= 11 is 3.38. The number of benzene rings is 2. The Morgan fingerprint density at radius 1 is 0.565 bits per heavy atom. The number of hydrogen-bond acceptors (Lipinski definition) is 8. The van der Waals surface area contributed by atoms with E-state index in [1.165, 1.54) is 0 Å². The van der Waals surface area contributed by atoms with Crippen LogP contribution in [0.15, 0.2) is 24.3 Å². The van der Waals surface area contributed by atoms with E-state index < -0.39 is 0 Å². The average Bonchev–Trinajstić information content (AvgIpc) is 2.89. The van der Waals surface area contributed by atoms with Crippen molar-refractivity contribution >= 4 is 35.5 Å². The second-order valence-electron chi connectivity index (χ2n) is 16.5. The molecule has 2 aromatic rings. The summed E-state index contributed by atoms with van der Waals surface area (Å²) in [5.41, 5.74) is 1.79. The fraction of sp³-hybridized carbons (Fsp3) is 0.632. The highest BCUT2D eigenvalue weighted by Gasteiger charge is 2.29. The largest absolute Gasteiger partial charge is 0.507 e. The zero-order chi connectivity index (χ0) is 35.4. The summed E-state index contributed by atoms with van der Waals surface area (Å²) in [7, 11) is 0. The first-order valence-corrected chi connectivity index (χ1v) is 18.5. The Labute approximate surface area is 286 Å². The molecule has 0 saturated heterocycles. The zero-order valence-corrected chi connectivity index (χ0v) is 32.3. The van der Waals surface area contributed by atoms with Crippen molar-refractivity contribution in [2.45, 2.75) is 119 Å². The lowest BCUT2D eigenvalue weighted by Crippen LogP contribution is -2.22. The van der Waals surface area contributed by atoms with E-state index in [-0.39, 0.29) is 56.9 Å². The smallest absolute Gasteiger partial charge is 0.314 e. The number of carbonyl (C=O) groups is 2. The molecule has 2 aromatic carbocycles. The summed E-state index contributed by atoms with van der Waals surface area (Å²) in [5.74, 6) is 3.19. The minimum absolute atomic E-state index is 0.258. The molecule has 0 radical (unpaired) electrons. The van der Waals surface area contributed by atoms with Gasteiger partial charge in [0, 0.05) is 45.3 Å². The van der Waals surface area contributed by atoms with Gasteiger partial charge in [-0.2, -0.15) is 23.5 Å². The first kappa shape index (κ1) is 39.9. The molecular formula is C38H58O6S2. The van der Waals surface area contributed by atoms with Crippen LogP contribution in [0.3, 0.4) is 0 Å². The average molecular weight is 675 g/mol. The van der Waals surface area contributed by atoms with Crippen LogP contribution in [0.4, 0.5) is 0 Å². The number of thioether (sulfide) groups is 2. The summed E-state index contributed by atoms with van der Waals surface area (Å²) in [6.45, 7) is 28.1. The topological polar surface area (TPSA) is 93.1 Å². The van der Waals surface area contributed by atoms with Gasteiger partial charge in [-0.15, -0.1) is 0 Å². The van der Waals surface area contributed by atoms with Gasteiger partial charge in [-0.05, 0) is 45.9 Å². The molecule has 2 unspecified atom stereocenters. The van der Waals surface area contributed by atoms with Crippen LogP contribution in [0, 0.1) is 11.8 Å². The first-order valence-electron chi connectivity index (χ1n) is 16.2. The standard InChI is InChI=1S/C38H58O6S2/c1-23(33(41)43-25-17-27(35(3,4)5)31(39)28(18-25)36(6,7)8)21-45-15-16-46-22-24(2)34(42)44-26-19-29(37(9,10)11)32(40)30(20-26)38(12,13)14/h17-20,23-24,39-40H,15-16,21-22H2,1-14H3. The molecule has 0 aliphatic rings. The summed E-state index contributed by atoms with van der Waals surface area (Å²) in [6, 6.07) is 7.11. The third-order valence-corrected chi connectivity index (χ3v) is 10.5. The summed E-state index contributed by atoms with van der Waals surface area (Å²) in [6.07, 6.45) is 0. The predicted octanol–water partition coefficient (Wildman–Crippen LogP) is 9.54. The van der Waals surface area contributed by atoms with Crippen LogP contribution in [-0.2, 0) is 31.2 Å². The van der Waals surface area contributed by atoms with Crippen molar-refractivity contribution in [2.75, 3.05) is 23.0 Å². The molecule has 0 saturated carbocycles. The minimum Gasteiger partial charge on any atom is -0.507 e. The maximum Gasteiger partial charge on any atom is 0.314 e. The predicted molar refractivity (Wildman–Crippen MR) is 195 cm³/mol. The van der Waals surface area contributed by atoms with Crippen molar-refractivity contribution < 1.29 is 29.3 Å². The zero-order valence-electron chi connectivity index (χ0n) is 30.6. The lowest BCUT2D eigenvalue weighted by atomic mass is 9.79. The third kappa shape index (κ3) is 11.1. The van der Waals surface area contributed by atoms with Gasteiger partial charge in [-0.25, -0.2) is 0 Å². The molecular weight excluding hydrogens is 617 g/mol. The second kappa shape index (κ2) is 15.3. The van der Waals surface area contributed by atoms with Crippen molar-refractivity contribution in [1.29, 1.82) is 0 Å². The van der Waals surface area contributed by atoms with Crippen molar-refractivity contribution in [1.82, 2.24) is 0 Å². The van der Waals surface area contributed by atoms with Crippen molar-refractivity contribution in [3.63, 3.8) is 0 Å². The summed E-state index contributed by atoms with van der Waals surface area (Å²) < 4.78 is 11.6. The van der Waals surface area contributed by atoms with E-state index in [2.05, 4.69) is 0 Å². The number of phenols is 2. The maximum absolute atomic E-state index is 13.0. The fourth-order valence-electron chi connectivity index (χ4n) is 4.83. The number of rotatable bonds is 11. The Bertz CT molecular complexity index is 1190. The highest BCUT2D eigenvalue weighted by Crippen LogP contribution is 2.43. The lowest BCUT2D eigenvalue weighted by molar-refractivity contribution is -0.138. The van der Waals surface area contributed by atoms with Gasteiger partial charge in [0.1, 0.15) is 23.0 Å². The van der Waals surface area contributed by atoms with Crippen molar-refractivity contribution in [3.05, 3.63) is 46.5 Å². The Hall–Kier alpha value is -2.32. The van der Waals surface area contributed by atoms with Crippen LogP contribution in [-0.4, -0.2) is 45.2 Å². The Balaban J connectivity index is 1.89. The molecule has 0 fully saturated rings. The molecule has 258 valence electrons. The third-order valence-electron chi connectivity index (χ3n) is 7.75. The monoisotopic (exact) mass is 674 g/mol. The molecule has 0 aromatic heterocycles. The number of ether oxygens (including phenoxy) is 2. The molecule has 2 atom stereocenters. The summed E-state index contributed by atoms with van der Waals surface area (Å²) in [5, 5.41) is 21.9. The van der Waals surface area contributed by atoms with Gasteiger partial charge < -0.3 is 19.7 Å². The minimum atomic E-state index is -0.309. The van der Waals surface area contributed by atoms with E-state index in [1.54, 1.807) is 47.8 Å². The molecule has 0 aliphatic carbocycles. The number of esters is 2. The molecule has 46 heavy (non-hydrogen) atoms. The molecule has 2 N–H and O–H groups in total. The fourth-order valence-corrected chi connectivity index (χ4v) is 7.08. The molecule has 0 amide bonds. The van der Waals surface area contributed by atoms with Crippen LogP contribution in [0.2, 0.25) is 0 Å². The van der Waals surface area contributed by atoms with Crippen LogP contribution in [0.25, 0.3) is 0 Å². The Kier molecular flexibility index (Phi) is 13.2. The normalized spacial score (nSPS) is 14.1. The van der Waals surface area contributed by atoms with E-state index in [4.69, 9.17) is 9.47 Å². The molecule has 2 rings (SSSR count). The first-order chi connectivity index (χ1) is 20.8. The molecule has 8 heteroatoms. The van der Waals surface area contributed by atoms with Gasteiger partial charge in [0.05, 0.1) is 11.8 Å². The lowest BCUT2D eigenvalue weighted by Gasteiger charge is -2.28. The highest BCUT2D eigenvalue weighted by molar-refractivity contribution is 8.02. The van der Waals surface area contributed by atoms with E-state index in [0.717, 1.165) is 33.8 Å². The van der Waals surface area contributed by atoms with Gasteiger partial charge in [0.25, 0.3) is 0 Å². The van der Waals surface area contributed by atoms with Gasteiger partial charge in [0.15, 0.2) is 0 Å². The highest BCUT2D eigenvalue weighted by atomic mass is 32.2. The molecule has 0 bridgehead atoms. The molecule has 0 heterocycles. The van der Waals surface area contributed by atoms with Gasteiger partial charge in [-0.3, -0.25) is 9.59 Å². The van der Waals surface area contributed by atoms with Crippen LogP contribution >= 0.6 is 23.5 Å². The van der Waals surface area contributed by atoms with Gasteiger partial charge in [0.2, 0.25) is 0 Å². The Morgan fingerprint density at radius 2 is 0.804 bits per heavy atom.